The number of quaternary nitrogens is 1. The molecule has 2 heterocycles. The SMILES string of the molecule is C[NH+](Cc1ccc(F)cc1)Cn1nc(-c2ccncc2)n(C2CC2)c1=S. The van der Waals surface area contributed by atoms with Crippen molar-refractivity contribution in [2.24, 2.45) is 0 Å². The lowest BCUT2D eigenvalue weighted by molar-refractivity contribution is -0.917. The lowest BCUT2D eigenvalue weighted by Gasteiger charge is -2.13. The Kier molecular flexibility index (Phi) is 4.65. The van der Waals surface area contributed by atoms with Gasteiger partial charge in [-0.3, -0.25) is 9.55 Å². The van der Waals surface area contributed by atoms with Crippen LogP contribution in [0.5, 0.6) is 0 Å². The first-order valence-corrected chi connectivity index (χ1v) is 9.18. The van der Waals surface area contributed by atoms with Gasteiger partial charge >= 0.3 is 0 Å². The van der Waals surface area contributed by atoms with Crippen molar-refractivity contribution >= 4 is 12.2 Å². The number of benzene rings is 1. The zero-order valence-corrected chi connectivity index (χ0v) is 15.4. The topological polar surface area (TPSA) is 40.1 Å². The van der Waals surface area contributed by atoms with Gasteiger partial charge in [0.1, 0.15) is 12.4 Å². The lowest BCUT2D eigenvalue weighted by atomic mass is 10.2. The molecular formula is C19H21FN5S+. The number of hydrogen-bond donors (Lipinski definition) is 1. The quantitative estimate of drug-likeness (QED) is 0.678. The van der Waals surface area contributed by atoms with Gasteiger partial charge < -0.3 is 4.90 Å². The molecule has 1 aliphatic carbocycles. The van der Waals surface area contributed by atoms with Gasteiger partial charge in [-0.15, -0.1) is 5.10 Å². The summed E-state index contributed by atoms with van der Waals surface area (Å²) in [7, 11) is 2.09. The fourth-order valence-corrected chi connectivity index (χ4v) is 3.49. The molecule has 26 heavy (non-hydrogen) atoms. The number of hydrogen-bond acceptors (Lipinski definition) is 3. The van der Waals surface area contributed by atoms with E-state index in [4.69, 9.17) is 17.3 Å². The van der Waals surface area contributed by atoms with Gasteiger partial charge in [0.25, 0.3) is 0 Å². The maximum Gasteiger partial charge on any atom is 0.203 e. The second-order valence-corrected chi connectivity index (χ2v) is 7.23. The Morgan fingerprint density at radius 2 is 1.85 bits per heavy atom. The molecule has 5 nitrogen and oxygen atoms in total. The maximum absolute atomic E-state index is 13.1. The van der Waals surface area contributed by atoms with Gasteiger partial charge in [0.2, 0.25) is 4.77 Å². The largest absolute Gasteiger partial charge is 0.315 e. The minimum atomic E-state index is -0.209. The molecule has 0 spiro atoms. The molecule has 1 aliphatic rings. The highest BCUT2D eigenvalue weighted by molar-refractivity contribution is 7.71. The standard InChI is InChI=1S/C19H20FN5S/c1-23(12-14-2-4-16(20)5-3-14)13-24-19(26)25(17-6-7-17)18(22-24)15-8-10-21-11-9-15/h2-5,8-11,17H,6-7,12-13H2,1H3/p+1. The Hall–Kier alpha value is -2.38. The summed E-state index contributed by atoms with van der Waals surface area (Å²) >= 11 is 5.71. The first kappa shape index (κ1) is 17.1. The smallest absolute Gasteiger partial charge is 0.203 e. The molecule has 3 aromatic rings. The van der Waals surface area contributed by atoms with Crippen molar-refractivity contribution in [2.45, 2.75) is 32.1 Å². The van der Waals surface area contributed by atoms with E-state index in [1.54, 1.807) is 12.4 Å². The third-order valence-corrected chi connectivity index (χ3v) is 4.97. The molecule has 1 N–H and O–H groups in total. The van der Waals surface area contributed by atoms with Gasteiger partial charge in [0.05, 0.1) is 7.05 Å². The normalized spacial score (nSPS) is 15.2. The number of nitrogens with one attached hydrogen (secondary N) is 1. The van der Waals surface area contributed by atoms with Crippen molar-refractivity contribution in [3.05, 3.63) is 64.9 Å². The van der Waals surface area contributed by atoms with Crippen LogP contribution in [0.4, 0.5) is 4.39 Å². The predicted octanol–water partition coefficient (Wildman–Crippen LogP) is 2.62. The molecule has 0 amide bonds. The van der Waals surface area contributed by atoms with Gasteiger partial charge in [0.15, 0.2) is 12.5 Å². The second-order valence-electron chi connectivity index (χ2n) is 6.86. The summed E-state index contributed by atoms with van der Waals surface area (Å²) in [6.07, 6.45) is 5.85. The Labute approximate surface area is 156 Å². The molecular weight excluding hydrogens is 349 g/mol. The van der Waals surface area contributed by atoms with Gasteiger partial charge in [0, 0.05) is 29.6 Å². The van der Waals surface area contributed by atoms with Gasteiger partial charge in [-0.05, 0) is 49.3 Å². The predicted molar refractivity (Wildman–Crippen MR) is 99.5 cm³/mol. The van der Waals surface area contributed by atoms with Crippen molar-refractivity contribution in [1.29, 1.82) is 0 Å². The van der Waals surface area contributed by atoms with E-state index in [1.165, 1.54) is 17.0 Å². The fourth-order valence-electron chi connectivity index (χ4n) is 3.15. The van der Waals surface area contributed by atoms with Gasteiger partial charge in [-0.1, -0.05) is 12.1 Å². The van der Waals surface area contributed by atoms with Crippen LogP contribution < -0.4 is 4.90 Å². The Morgan fingerprint density at radius 1 is 1.15 bits per heavy atom. The van der Waals surface area contributed by atoms with E-state index >= 15 is 0 Å². The van der Waals surface area contributed by atoms with Crippen LogP contribution in [0.1, 0.15) is 24.4 Å². The third kappa shape index (κ3) is 3.59. The van der Waals surface area contributed by atoms with Crippen LogP contribution in [0.15, 0.2) is 48.8 Å². The monoisotopic (exact) mass is 370 g/mol. The third-order valence-electron chi connectivity index (χ3n) is 4.56. The molecule has 0 radical (unpaired) electrons. The molecule has 1 unspecified atom stereocenters. The highest BCUT2D eigenvalue weighted by Crippen LogP contribution is 2.38. The lowest BCUT2D eigenvalue weighted by Crippen LogP contribution is -3.07. The summed E-state index contributed by atoms with van der Waals surface area (Å²) in [5, 5.41) is 4.80. The molecule has 7 heteroatoms. The van der Waals surface area contributed by atoms with Crippen LogP contribution in [0, 0.1) is 10.6 Å². The summed E-state index contributed by atoms with van der Waals surface area (Å²) in [4.78, 5) is 5.32. The van der Waals surface area contributed by atoms with E-state index in [2.05, 4.69) is 16.6 Å². The van der Waals surface area contributed by atoms with Crippen molar-refractivity contribution in [3.63, 3.8) is 0 Å². The summed E-state index contributed by atoms with van der Waals surface area (Å²) in [6, 6.07) is 11.0. The first-order chi connectivity index (χ1) is 12.6. The summed E-state index contributed by atoms with van der Waals surface area (Å²) in [5.74, 6) is 0.702. The Balaban J connectivity index is 1.58. The number of pyridine rings is 1. The molecule has 1 atom stereocenters. The van der Waals surface area contributed by atoms with Crippen LogP contribution in [-0.4, -0.2) is 26.4 Å². The zero-order chi connectivity index (χ0) is 18.1. The number of aromatic nitrogens is 4. The summed E-state index contributed by atoms with van der Waals surface area (Å²) < 4.78 is 17.9. The molecule has 4 rings (SSSR count). The van der Waals surface area contributed by atoms with E-state index in [1.807, 2.05) is 28.9 Å². The number of halogens is 1. The van der Waals surface area contributed by atoms with E-state index in [9.17, 15) is 4.39 Å². The van der Waals surface area contributed by atoms with E-state index < -0.39 is 0 Å². The Bertz CT molecular complexity index is 944. The molecule has 0 saturated heterocycles. The van der Waals surface area contributed by atoms with E-state index in [0.29, 0.717) is 12.7 Å². The highest BCUT2D eigenvalue weighted by Gasteiger charge is 2.29. The van der Waals surface area contributed by atoms with Gasteiger partial charge in [-0.25, -0.2) is 4.39 Å². The van der Waals surface area contributed by atoms with E-state index in [0.717, 1.165) is 41.1 Å². The van der Waals surface area contributed by atoms with Crippen LogP contribution in [0.3, 0.4) is 0 Å². The summed E-state index contributed by atoms with van der Waals surface area (Å²) in [5.41, 5.74) is 2.12. The van der Waals surface area contributed by atoms with Crippen LogP contribution in [0.25, 0.3) is 11.4 Å². The molecule has 1 aromatic carbocycles. The molecule has 0 bridgehead atoms. The highest BCUT2D eigenvalue weighted by atomic mass is 32.1. The molecule has 0 aliphatic heterocycles. The first-order valence-electron chi connectivity index (χ1n) is 8.77. The molecule has 2 aromatic heterocycles. The van der Waals surface area contributed by atoms with Crippen LogP contribution in [-0.2, 0) is 13.2 Å². The van der Waals surface area contributed by atoms with Crippen molar-refractivity contribution in [3.8, 4) is 11.4 Å². The van der Waals surface area contributed by atoms with Crippen molar-refractivity contribution in [1.82, 2.24) is 19.3 Å². The minimum absolute atomic E-state index is 0.209. The maximum atomic E-state index is 13.1. The second kappa shape index (κ2) is 7.09. The van der Waals surface area contributed by atoms with Crippen molar-refractivity contribution < 1.29 is 9.29 Å². The zero-order valence-electron chi connectivity index (χ0n) is 14.6. The molecule has 134 valence electrons. The van der Waals surface area contributed by atoms with E-state index in [-0.39, 0.29) is 5.82 Å². The van der Waals surface area contributed by atoms with Crippen LogP contribution in [0.2, 0.25) is 0 Å². The average molecular weight is 370 g/mol. The number of nitrogens with zero attached hydrogens (tertiary/aromatic N) is 4. The van der Waals surface area contributed by atoms with Gasteiger partial charge in [-0.2, -0.15) is 4.68 Å². The minimum Gasteiger partial charge on any atom is -0.315 e. The number of rotatable bonds is 6. The fraction of sp³-hybridized carbons (Fsp3) is 0.316. The average Bonchev–Trinajstić information content (AvgIpc) is 3.43. The molecule has 1 saturated carbocycles. The Morgan fingerprint density at radius 3 is 2.50 bits per heavy atom. The van der Waals surface area contributed by atoms with Crippen molar-refractivity contribution in [2.75, 3.05) is 7.05 Å². The summed E-state index contributed by atoms with van der Waals surface area (Å²) in [6.45, 7) is 1.44. The van der Waals surface area contributed by atoms with Crippen LogP contribution >= 0.6 is 12.2 Å². The molecule has 1 fully saturated rings.